The van der Waals surface area contributed by atoms with Crippen molar-refractivity contribution in [2.75, 3.05) is 26.9 Å². The zero-order valence-corrected chi connectivity index (χ0v) is 24.3. The van der Waals surface area contributed by atoms with E-state index in [4.69, 9.17) is 34.2 Å². The number of ether oxygens (including phenoxy) is 6. The van der Waals surface area contributed by atoms with Crippen LogP contribution < -0.4 is 15.2 Å². The highest BCUT2D eigenvalue weighted by Crippen LogP contribution is 2.31. The van der Waals surface area contributed by atoms with Crippen molar-refractivity contribution in [1.29, 1.82) is 0 Å². The number of esters is 2. The predicted molar refractivity (Wildman–Crippen MR) is 142 cm³/mol. The van der Waals surface area contributed by atoms with Gasteiger partial charge in [0.2, 0.25) is 0 Å². The van der Waals surface area contributed by atoms with E-state index in [-0.39, 0.29) is 67.8 Å². The van der Waals surface area contributed by atoms with Crippen LogP contribution in [0.2, 0.25) is 0 Å². The second-order valence-corrected chi connectivity index (χ2v) is 11.4. The van der Waals surface area contributed by atoms with Gasteiger partial charge in [-0.3, -0.25) is 9.59 Å². The molecular formula is C28H43NO10. The number of rotatable bonds is 13. The van der Waals surface area contributed by atoms with E-state index in [0.717, 1.165) is 0 Å². The first-order valence-electron chi connectivity index (χ1n) is 12.9. The number of carbonyl (C=O) groups is 4. The van der Waals surface area contributed by atoms with Crippen LogP contribution in [0, 0.1) is 17.3 Å². The summed E-state index contributed by atoms with van der Waals surface area (Å²) in [4.78, 5) is 49.1. The van der Waals surface area contributed by atoms with Crippen molar-refractivity contribution in [1.82, 2.24) is 0 Å². The van der Waals surface area contributed by atoms with E-state index >= 15 is 0 Å². The lowest BCUT2D eigenvalue weighted by Gasteiger charge is -2.27. The van der Waals surface area contributed by atoms with Gasteiger partial charge in [-0.25, -0.2) is 9.59 Å². The summed E-state index contributed by atoms with van der Waals surface area (Å²) < 4.78 is 30.8. The zero-order chi connectivity index (χ0) is 29.8. The molecule has 11 nitrogen and oxygen atoms in total. The number of benzene rings is 1. The summed E-state index contributed by atoms with van der Waals surface area (Å²) in [5, 5.41) is 0. The molecule has 39 heavy (non-hydrogen) atoms. The average Bonchev–Trinajstić information content (AvgIpc) is 2.81. The Kier molecular flexibility index (Phi) is 13.2. The van der Waals surface area contributed by atoms with Crippen molar-refractivity contribution in [3.05, 3.63) is 23.8 Å². The molecule has 1 aromatic carbocycles. The number of nitrogens with two attached hydrogens (primary N) is 1. The molecule has 0 saturated carbocycles. The number of carbonyl (C=O) groups excluding carboxylic acids is 4. The number of hydrogen-bond acceptors (Lipinski definition) is 11. The van der Waals surface area contributed by atoms with E-state index in [9.17, 15) is 19.2 Å². The molecule has 0 aliphatic carbocycles. The van der Waals surface area contributed by atoms with E-state index in [2.05, 4.69) is 0 Å². The van der Waals surface area contributed by atoms with Gasteiger partial charge in [0.25, 0.3) is 0 Å². The van der Waals surface area contributed by atoms with E-state index in [0.29, 0.717) is 5.56 Å². The van der Waals surface area contributed by atoms with Crippen LogP contribution in [-0.2, 0) is 35.0 Å². The molecule has 0 amide bonds. The Hall–Kier alpha value is -3.34. The molecule has 1 aromatic rings. The third-order valence-corrected chi connectivity index (χ3v) is 5.06. The monoisotopic (exact) mass is 553 g/mol. The molecule has 1 atom stereocenters. The predicted octanol–water partition coefficient (Wildman–Crippen LogP) is 4.81. The van der Waals surface area contributed by atoms with Gasteiger partial charge in [0.15, 0.2) is 11.5 Å². The maximum absolute atomic E-state index is 12.6. The smallest absolute Gasteiger partial charge is 0.468 e. The van der Waals surface area contributed by atoms with Crippen LogP contribution in [-0.4, -0.2) is 56.7 Å². The Morgan fingerprint density at radius 3 is 1.87 bits per heavy atom. The SMILES string of the molecule is COC(=O)[C@@](N)(CCOC(=O)CC(C)(C)C)Cc1ccc(OC(=O)OCC(C)C)c(OC(=O)OCC(C)C)c1. The first kappa shape index (κ1) is 33.7. The first-order valence-corrected chi connectivity index (χ1v) is 12.9. The topological polar surface area (TPSA) is 150 Å². The molecule has 0 radical (unpaired) electrons. The quantitative estimate of drug-likeness (QED) is 0.204. The van der Waals surface area contributed by atoms with Crippen molar-refractivity contribution >= 4 is 24.2 Å². The Balaban J connectivity index is 3.14. The molecule has 0 bridgehead atoms. The van der Waals surface area contributed by atoms with Crippen molar-refractivity contribution in [2.45, 2.75) is 73.3 Å². The number of hydrogen-bond donors (Lipinski definition) is 1. The van der Waals surface area contributed by atoms with Crippen molar-refractivity contribution in [3.8, 4) is 11.5 Å². The van der Waals surface area contributed by atoms with Crippen molar-refractivity contribution in [2.24, 2.45) is 23.0 Å². The molecule has 0 unspecified atom stereocenters. The van der Waals surface area contributed by atoms with Crippen LogP contribution >= 0.6 is 0 Å². The van der Waals surface area contributed by atoms with Crippen LogP contribution in [0.5, 0.6) is 11.5 Å². The highest BCUT2D eigenvalue weighted by molar-refractivity contribution is 5.81. The Labute approximate surface area is 230 Å². The van der Waals surface area contributed by atoms with Gasteiger partial charge in [-0.15, -0.1) is 0 Å². The second-order valence-electron chi connectivity index (χ2n) is 11.4. The van der Waals surface area contributed by atoms with Gasteiger partial charge in [0, 0.05) is 12.8 Å². The molecule has 0 heterocycles. The molecule has 0 fully saturated rings. The van der Waals surface area contributed by atoms with Gasteiger partial charge in [0.1, 0.15) is 5.54 Å². The van der Waals surface area contributed by atoms with Crippen LogP contribution in [0.3, 0.4) is 0 Å². The third-order valence-electron chi connectivity index (χ3n) is 5.06. The van der Waals surface area contributed by atoms with Crippen molar-refractivity contribution < 1.29 is 47.6 Å². The fourth-order valence-electron chi connectivity index (χ4n) is 3.20. The van der Waals surface area contributed by atoms with Gasteiger partial charge in [-0.05, 0) is 34.9 Å². The largest absolute Gasteiger partial charge is 0.513 e. The van der Waals surface area contributed by atoms with Crippen LogP contribution in [0.25, 0.3) is 0 Å². The fourth-order valence-corrected chi connectivity index (χ4v) is 3.20. The Morgan fingerprint density at radius 2 is 1.38 bits per heavy atom. The molecule has 0 saturated heterocycles. The van der Waals surface area contributed by atoms with Gasteiger partial charge in [-0.1, -0.05) is 54.5 Å². The average molecular weight is 554 g/mol. The van der Waals surface area contributed by atoms with Gasteiger partial charge in [0.05, 0.1) is 33.4 Å². The van der Waals surface area contributed by atoms with Crippen molar-refractivity contribution in [3.63, 3.8) is 0 Å². The lowest BCUT2D eigenvalue weighted by molar-refractivity contribution is -0.152. The van der Waals surface area contributed by atoms with Crippen LogP contribution in [0.4, 0.5) is 9.59 Å². The summed E-state index contributed by atoms with van der Waals surface area (Å²) in [7, 11) is 1.20. The molecule has 2 N–H and O–H groups in total. The Bertz CT molecular complexity index is 983. The van der Waals surface area contributed by atoms with E-state index in [1.165, 1.54) is 19.2 Å². The normalized spacial score (nSPS) is 12.9. The fraction of sp³-hybridized carbons (Fsp3) is 0.643. The van der Waals surface area contributed by atoms with Gasteiger partial charge >= 0.3 is 24.2 Å². The summed E-state index contributed by atoms with van der Waals surface area (Å²) in [6.45, 7) is 13.3. The highest BCUT2D eigenvalue weighted by atomic mass is 16.7. The minimum absolute atomic E-state index is 0.0258. The molecule has 11 heteroatoms. The Morgan fingerprint density at radius 1 is 0.846 bits per heavy atom. The molecule has 1 rings (SSSR count). The molecule has 0 aliphatic heterocycles. The highest BCUT2D eigenvalue weighted by Gasteiger charge is 2.36. The van der Waals surface area contributed by atoms with Crippen LogP contribution in [0.1, 0.15) is 66.9 Å². The first-order chi connectivity index (χ1) is 18.0. The number of methoxy groups -OCH3 is 1. The summed E-state index contributed by atoms with van der Waals surface area (Å²) >= 11 is 0. The third kappa shape index (κ3) is 13.3. The van der Waals surface area contributed by atoms with E-state index in [1.54, 1.807) is 6.07 Å². The summed E-state index contributed by atoms with van der Waals surface area (Å²) in [5.41, 5.74) is 5.05. The lowest BCUT2D eigenvalue weighted by atomic mass is 9.88. The minimum atomic E-state index is -1.56. The lowest BCUT2D eigenvalue weighted by Crippen LogP contribution is -2.51. The maximum atomic E-state index is 12.6. The second kappa shape index (κ2) is 15.3. The standard InChI is InChI=1S/C28H43NO10/c1-18(2)16-36-25(32)38-21-10-9-20(13-22(21)39-26(33)37-17-19(3)4)14-28(29,24(31)34-8)11-12-35-23(30)15-27(5,6)7/h9-10,13,18-19H,11-12,14-17,29H2,1-8H3/t28-/m1/s1. The van der Waals surface area contributed by atoms with E-state index in [1.807, 2.05) is 48.5 Å². The van der Waals surface area contributed by atoms with Gasteiger partial charge in [-0.2, -0.15) is 0 Å². The molecular weight excluding hydrogens is 510 g/mol. The molecule has 0 aromatic heterocycles. The summed E-state index contributed by atoms with van der Waals surface area (Å²) in [5.74, 6) is -1.19. The summed E-state index contributed by atoms with van der Waals surface area (Å²) in [6, 6.07) is 4.34. The van der Waals surface area contributed by atoms with E-state index < -0.39 is 29.8 Å². The molecule has 0 spiro atoms. The molecule has 220 valence electrons. The molecule has 0 aliphatic rings. The van der Waals surface area contributed by atoms with Gasteiger partial charge < -0.3 is 34.2 Å². The minimum Gasteiger partial charge on any atom is -0.468 e. The maximum Gasteiger partial charge on any atom is 0.513 e. The zero-order valence-electron chi connectivity index (χ0n) is 24.3. The van der Waals surface area contributed by atoms with Crippen LogP contribution in [0.15, 0.2) is 18.2 Å². The summed E-state index contributed by atoms with van der Waals surface area (Å²) in [6.07, 6.45) is -1.86.